The molecule has 110 valence electrons. The van der Waals surface area contributed by atoms with Crippen molar-refractivity contribution in [3.05, 3.63) is 53.3 Å². The molecule has 0 aliphatic rings. The molecule has 7 nitrogen and oxygen atoms in total. The van der Waals surface area contributed by atoms with Gasteiger partial charge in [-0.2, -0.15) is 0 Å². The smallest absolute Gasteiger partial charge is 0.322 e. The van der Waals surface area contributed by atoms with Gasteiger partial charge in [-0.15, -0.1) is 5.10 Å². The molecular formula is C14H10ClN5O2. The Morgan fingerprint density at radius 2 is 2.09 bits per heavy atom. The van der Waals surface area contributed by atoms with Crippen LogP contribution in [0.1, 0.15) is 16.4 Å². The number of aryl methyl sites for hydroxylation is 1. The third kappa shape index (κ3) is 3.09. The standard InChI is InChI=1S/C14H10ClN5O2/c1-8-19-20-14(22-8)18-13(21)12-6-11(16-7-17-12)9-3-2-4-10(15)5-9/h2-7H,1H3,(H,18,20,21). The molecule has 0 atom stereocenters. The first-order chi connectivity index (χ1) is 10.6. The Labute approximate surface area is 130 Å². The topological polar surface area (TPSA) is 93.8 Å². The molecule has 3 rings (SSSR count). The number of carbonyl (C=O) groups is 1. The normalized spacial score (nSPS) is 10.5. The summed E-state index contributed by atoms with van der Waals surface area (Å²) in [4.78, 5) is 20.2. The Balaban J connectivity index is 1.86. The number of rotatable bonds is 3. The minimum Gasteiger partial charge on any atom is -0.408 e. The van der Waals surface area contributed by atoms with Gasteiger partial charge in [0.25, 0.3) is 5.91 Å². The van der Waals surface area contributed by atoms with Gasteiger partial charge < -0.3 is 4.42 Å². The number of nitrogens with one attached hydrogen (secondary N) is 1. The molecule has 0 fully saturated rings. The SMILES string of the molecule is Cc1nnc(NC(=O)c2cc(-c3cccc(Cl)c3)ncn2)o1. The molecule has 3 aromatic rings. The first kappa shape index (κ1) is 14.2. The summed E-state index contributed by atoms with van der Waals surface area (Å²) in [5, 5.41) is 10.4. The summed E-state index contributed by atoms with van der Waals surface area (Å²) < 4.78 is 5.09. The minimum absolute atomic E-state index is 0.0189. The Hall–Kier alpha value is -2.80. The van der Waals surface area contributed by atoms with Crippen LogP contribution in [0.5, 0.6) is 0 Å². The number of aromatic nitrogens is 4. The number of nitrogens with zero attached hydrogens (tertiary/aromatic N) is 4. The molecule has 0 saturated carbocycles. The molecule has 22 heavy (non-hydrogen) atoms. The van der Waals surface area contributed by atoms with Gasteiger partial charge in [0.05, 0.1) is 5.69 Å². The summed E-state index contributed by atoms with van der Waals surface area (Å²) in [5.74, 6) is -0.105. The van der Waals surface area contributed by atoms with Crippen molar-refractivity contribution in [2.75, 3.05) is 5.32 Å². The predicted octanol–water partition coefficient (Wildman–Crippen LogP) is 2.74. The Kier molecular flexibility index (Phi) is 3.80. The first-order valence-corrected chi connectivity index (χ1v) is 6.69. The van der Waals surface area contributed by atoms with Crippen molar-refractivity contribution in [1.29, 1.82) is 0 Å². The summed E-state index contributed by atoms with van der Waals surface area (Å²) in [6.07, 6.45) is 1.31. The van der Waals surface area contributed by atoms with E-state index < -0.39 is 5.91 Å². The van der Waals surface area contributed by atoms with Crippen molar-refractivity contribution in [1.82, 2.24) is 20.2 Å². The van der Waals surface area contributed by atoms with Crippen LogP contribution in [-0.4, -0.2) is 26.1 Å². The van der Waals surface area contributed by atoms with E-state index in [1.807, 2.05) is 6.07 Å². The van der Waals surface area contributed by atoms with Crippen LogP contribution in [0.15, 0.2) is 41.1 Å². The molecule has 0 bridgehead atoms. The summed E-state index contributed by atoms with van der Waals surface area (Å²) in [7, 11) is 0. The van der Waals surface area contributed by atoms with Crippen LogP contribution >= 0.6 is 11.6 Å². The molecule has 1 aromatic carbocycles. The summed E-state index contributed by atoms with van der Waals surface area (Å²) in [5.41, 5.74) is 1.56. The van der Waals surface area contributed by atoms with Gasteiger partial charge >= 0.3 is 6.01 Å². The fourth-order valence-electron chi connectivity index (χ4n) is 1.80. The molecule has 2 aromatic heterocycles. The molecule has 1 N–H and O–H groups in total. The van der Waals surface area contributed by atoms with Crippen molar-refractivity contribution >= 4 is 23.5 Å². The lowest BCUT2D eigenvalue weighted by Gasteiger charge is -2.04. The lowest BCUT2D eigenvalue weighted by Crippen LogP contribution is -2.14. The van der Waals surface area contributed by atoms with Crippen molar-refractivity contribution in [3.8, 4) is 11.3 Å². The number of carbonyl (C=O) groups excluding carboxylic acids is 1. The number of benzene rings is 1. The van der Waals surface area contributed by atoms with Crippen LogP contribution in [0.25, 0.3) is 11.3 Å². The largest absolute Gasteiger partial charge is 0.408 e. The van der Waals surface area contributed by atoms with E-state index in [0.717, 1.165) is 5.56 Å². The fourth-order valence-corrected chi connectivity index (χ4v) is 1.99. The van der Waals surface area contributed by atoms with Crippen LogP contribution < -0.4 is 5.32 Å². The number of hydrogen-bond acceptors (Lipinski definition) is 6. The van der Waals surface area contributed by atoms with E-state index in [-0.39, 0.29) is 11.7 Å². The highest BCUT2D eigenvalue weighted by Crippen LogP contribution is 2.21. The van der Waals surface area contributed by atoms with Gasteiger partial charge in [0.1, 0.15) is 12.0 Å². The number of amides is 1. The second-order valence-electron chi connectivity index (χ2n) is 4.38. The molecule has 0 radical (unpaired) electrons. The van der Waals surface area contributed by atoms with Crippen LogP contribution in [0.4, 0.5) is 6.01 Å². The third-order valence-corrected chi connectivity index (χ3v) is 3.00. The first-order valence-electron chi connectivity index (χ1n) is 6.31. The van der Waals surface area contributed by atoms with Crippen LogP contribution in [0.2, 0.25) is 5.02 Å². The summed E-state index contributed by atoms with van der Waals surface area (Å²) in [6, 6.07) is 8.75. The van der Waals surface area contributed by atoms with Gasteiger partial charge in [-0.1, -0.05) is 28.8 Å². The van der Waals surface area contributed by atoms with Gasteiger partial charge in [-0.3, -0.25) is 10.1 Å². The highest BCUT2D eigenvalue weighted by atomic mass is 35.5. The Morgan fingerprint density at radius 1 is 1.23 bits per heavy atom. The Bertz CT molecular complexity index is 833. The molecule has 0 aliphatic heterocycles. The molecular weight excluding hydrogens is 306 g/mol. The molecule has 0 saturated heterocycles. The zero-order valence-corrected chi connectivity index (χ0v) is 12.2. The maximum absolute atomic E-state index is 12.1. The number of anilines is 1. The highest BCUT2D eigenvalue weighted by Gasteiger charge is 2.13. The zero-order valence-electron chi connectivity index (χ0n) is 11.4. The molecule has 1 amide bonds. The average molecular weight is 316 g/mol. The van der Waals surface area contributed by atoms with E-state index in [1.165, 1.54) is 6.33 Å². The second kappa shape index (κ2) is 5.90. The van der Waals surface area contributed by atoms with Crippen molar-refractivity contribution in [2.24, 2.45) is 0 Å². The Morgan fingerprint density at radius 3 is 2.82 bits per heavy atom. The third-order valence-electron chi connectivity index (χ3n) is 2.77. The summed E-state index contributed by atoms with van der Waals surface area (Å²) in [6.45, 7) is 1.63. The highest BCUT2D eigenvalue weighted by molar-refractivity contribution is 6.30. The van der Waals surface area contributed by atoms with Crippen LogP contribution in [0, 0.1) is 6.92 Å². The predicted molar refractivity (Wildman–Crippen MR) is 79.5 cm³/mol. The number of hydrogen-bond donors (Lipinski definition) is 1. The van der Waals surface area contributed by atoms with E-state index >= 15 is 0 Å². The molecule has 0 unspecified atom stereocenters. The van der Waals surface area contributed by atoms with Crippen molar-refractivity contribution in [2.45, 2.75) is 6.92 Å². The van der Waals surface area contributed by atoms with Gasteiger partial charge in [0.15, 0.2) is 0 Å². The monoisotopic (exact) mass is 315 g/mol. The lowest BCUT2D eigenvalue weighted by molar-refractivity contribution is 0.101. The van der Waals surface area contributed by atoms with Crippen LogP contribution in [0.3, 0.4) is 0 Å². The fraction of sp³-hybridized carbons (Fsp3) is 0.0714. The maximum atomic E-state index is 12.1. The van der Waals surface area contributed by atoms with Gasteiger partial charge in [-0.25, -0.2) is 9.97 Å². The minimum atomic E-state index is -0.464. The van der Waals surface area contributed by atoms with E-state index in [2.05, 4.69) is 25.5 Å². The van der Waals surface area contributed by atoms with Gasteiger partial charge in [0, 0.05) is 17.5 Å². The lowest BCUT2D eigenvalue weighted by atomic mass is 10.1. The summed E-state index contributed by atoms with van der Waals surface area (Å²) >= 11 is 5.96. The molecule has 0 aliphatic carbocycles. The van der Waals surface area contributed by atoms with Crippen molar-refractivity contribution < 1.29 is 9.21 Å². The zero-order chi connectivity index (χ0) is 15.5. The molecule has 2 heterocycles. The average Bonchev–Trinajstić information content (AvgIpc) is 2.92. The van der Waals surface area contributed by atoms with E-state index in [1.54, 1.807) is 31.2 Å². The van der Waals surface area contributed by atoms with Crippen LogP contribution in [-0.2, 0) is 0 Å². The maximum Gasteiger partial charge on any atom is 0.322 e. The van der Waals surface area contributed by atoms with E-state index in [0.29, 0.717) is 16.6 Å². The van der Waals surface area contributed by atoms with E-state index in [4.69, 9.17) is 16.0 Å². The quantitative estimate of drug-likeness (QED) is 0.798. The molecule has 8 heteroatoms. The van der Waals surface area contributed by atoms with Gasteiger partial charge in [-0.05, 0) is 18.2 Å². The number of halogens is 1. The second-order valence-corrected chi connectivity index (χ2v) is 4.82. The van der Waals surface area contributed by atoms with Crippen molar-refractivity contribution in [3.63, 3.8) is 0 Å². The molecule has 0 spiro atoms. The van der Waals surface area contributed by atoms with E-state index in [9.17, 15) is 4.79 Å². The van der Waals surface area contributed by atoms with Gasteiger partial charge in [0.2, 0.25) is 5.89 Å².